The Balaban J connectivity index is 1.41. The Morgan fingerprint density at radius 2 is 1.58 bits per heavy atom. The van der Waals surface area contributed by atoms with Crippen LogP contribution in [0.5, 0.6) is 11.5 Å². The highest BCUT2D eigenvalue weighted by atomic mass is 16.5. The van der Waals surface area contributed by atoms with Gasteiger partial charge in [0.05, 0.1) is 17.3 Å². The molecule has 2 aliphatic rings. The van der Waals surface area contributed by atoms with E-state index >= 15 is 0 Å². The Kier molecular flexibility index (Phi) is 5.67. The molecule has 0 radical (unpaired) electrons. The average molecular weight is 423 g/mol. The number of carboxylic acid groups (broad SMARTS) is 2. The van der Waals surface area contributed by atoms with Gasteiger partial charge >= 0.3 is 11.9 Å². The zero-order chi connectivity index (χ0) is 22.0. The quantitative estimate of drug-likeness (QED) is 0.567. The van der Waals surface area contributed by atoms with Crippen molar-refractivity contribution in [3.63, 3.8) is 0 Å². The van der Waals surface area contributed by atoms with E-state index in [4.69, 9.17) is 4.74 Å². The summed E-state index contributed by atoms with van der Waals surface area (Å²) in [6.45, 7) is 0.237. The summed E-state index contributed by atoms with van der Waals surface area (Å²) in [6.07, 6.45) is 2.43. The number of nitrogens with one attached hydrogen (secondary N) is 1. The number of carbonyl (C=O) groups is 3. The first-order valence-electron chi connectivity index (χ1n) is 10.4. The van der Waals surface area contributed by atoms with Gasteiger partial charge in [0.2, 0.25) is 5.91 Å². The van der Waals surface area contributed by atoms with Gasteiger partial charge in [-0.15, -0.1) is 0 Å². The van der Waals surface area contributed by atoms with Gasteiger partial charge in [-0.25, -0.2) is 0 Å². The third kappa shape index (κ3) is 4.40. The fraction of sp³-hybridized carbons (Fsp3) is 0.375. The monoisotopic (exact) mass is 423 g/mol. The normalized spacial score (nSPS) is 24.6. The van der Waals surface area contributed by atoms with E-state index < -0.39 is 29.2 Å². The molecule has 4 rings (SSSR count). The molecular formula is C24H25NO6. The minimum absolute atomic E-state index is 0.0749. The summed E-state index contributed by atoms with van der Waals surface area (Å²) in [5.41, 5.74) is -0.303. The van der Waals surface area contributed by atoms with Crippen molar-refractivity contribution in [2.75, 3.05) is 0 Å². The molecule has 7 nitrogen and oxygen atoms in total. The first-order valence-corrected chi connectivity index (χ1v) is 10.4. The highest BCUT2D eigenvalue weighted by Crippen LogP contribution is 2.58. The zero-order valence-corrected chi connectivity index (χ0v) is 17.0. The van der Waals surface area contributed by atoms with E-state index in [1.165, 1.54) is 0 Å². The Labute approximate surface area is 180 Å². The molecule has 3 N–H and O–H groups in total. The molecule has 2 aromatic carbocycles. The number of para-hydroxylation sites is 1. The van der Waals surface area contributed by atoms with Crippen molar-refractivity contribution in [2.24, 2.45) is 23.2 Å². The second kappa shape index (κ2) is 8.41. The molecule has 2 saturated carbocycles. The van der Waals surface area contributed by atoms with Gasteiger partial charge in [0.15, 0.2) is 0 Å². The molecule has 1 amide bonds. The number of hydrogen-bond donors (Lipinski definition) is 3. The van der Waals surface area contributed by atoms with E-state index in [1.54, 1.807) is 12.1 Å². The smallest absolute Gasteiger partial charge is 0.308 e. The number of carboxylic acids is 2. The topological polar surface area (TPSA) is 113 Å². The molecule has 2 fully saturated rings. The fourth-order valence-corrected chi connectivity index (χ4v) is 4.53. The van der Waals surface area contributed by atoms with Crippen LogP contribution in [0.1, 0.15) is 31.2 Å². The molecule has 3 atom stereocenters. The van der Waals surface area contributed by atoms with Gasteiger partial charge in [0.25, 0.3) is 0 Å². The number of rotatable bonds is 9. The molecule has 0 saturated heterocycles. The zero-order valence-electron chi connectivity index (χ0n) is 17.0. The number of carbonyl (C=O) groups excluding carboxylic acids is 1. The number of hydrogen-bond acceptors (Lipinski definition) is 4. The molecule has 0 aliphatic heterocycles. The van der Waals surface area contributed by atoms with Crippen LogP contribution in [0, 0.1) is 23.2 Å². The minimum Gasteiger partial charge on any atom is -0.481 e. The average Bonchev–Trinajstić information content (AvgIpc) is 3.54. The summed E-state index contributed by atoms with van der Waals surface area (Å²) in [4.78, 5) is 36.3. The van der Waals surface area contributed by atoms with Crippen LogP contribution in [0.25, 0.3) is 0 Å². The molecule has 0 heterocycles. The van der Waals surface area contributed by atoms with Crippen molar-refractivity contribution in [2.45, 2.75) is 32.2 Å². The first-order chi connectivity index (χ1) is 14.9. The number of benzene rings is 2. The lowest BCUT2D eigenvalue weighted by molar-refractivity contribution is -0.183. The fourth-order valence-electron chi connectivity index (χ4n) is 4.53. The van der Waals surface area contributed by atoms with Crippen LogP contribution in [0.4, 0.5) is 0 Å². The van der Waals surface area contributed by atoms with E-state index in [0.717, 1.165) is 24.2 Å². The molecule has 2 aliphatic carbocycles. The van der Waals surface area contributed by atoms with Crippen LogP contribution in [-0.4, -0.2) is 28.1 Å². The van der Waals surface area contributed by atoms with Crippen LogP contribution < -0.4 is 10.1 Å². The van der Waals surface area contributed by atoms with Gasteiger partial charge in [-0.05, 0) is 48.6 Å². The SMILES string of the molecule is O=C(O)C1CC(CC2CC2)(C(=O)NCc2ccc(Oc3ccccc3)cc2)C1C(=O)O. The molecule has 2 aromatic rings. The molecule has 0 spiro atoms. The van der Waals surface area contributed by atoms with Crippen molar-refractivity contribution in [3.8, 4) is 11.5 Å². The minimum atomic E-state index is -1.21. The second-order valence-corrected chi connectivity index (χ2v) is 8.51. The van der Waals surface area contributed by atoms with Crippen molar-refractivity contribution >= 4 is 17.8 Å². The van der Waals surface area contributed by atoms with Gasteiger partial charge in [-0.2, -0.15) is 0 Å². The maximum absolute atomic E-state index is 13.1. The number of aliphatic carboxylic acids is 2. The third-order valence-corrected chi connectivity index (χ3v) is 6.32. The summed E-state index contributed by atoms with van der Waals surface area (Å²) in [5, 5.41) is 21.9. The Hall–Kier alpha value is -3.35. The second-order valence-electron chi connectivity index (χ2n) is 8.51. The van der Waals surface area contributed by atoms with Crippen molar-refractivity contribution < 1.29 is 29.3 Å². The maximum atomic E-state index is 13.1. The van der Waals surface area contributed by atoms with Gasteiger partial charge in [-0.3, -0.25) is 14.4 Å². The molecule has 7 heteroatoms. The lowest BCUT2D eigenvalue weighted by atomic mass is 9.51. The summed E-state index contributed by atoms with van der Waals surface area (Å²) in [7, 11) is 0. The van der Waals surface area contributed by atoms with Gasteiger partial charge in [0, 0.05) is 6.54 Å². The standard InChI is InChI=1S/C24H25NO6/c26-21(27)19-13-24(12-15-6-7-15,20(19)22(28)29)23(30)25-14-16-8-10-18(11-9-16)31-17-4-2-1-3-5-17/h1-5,8-11,15,19-20H,6-7,12-14H2,(H,25,30)(H,26,27)(H,28,29). The first kappa shape index (κ1) is 20.9. The van der Waals surface area contributed by atoms with E-state index in [2.05, 4.69) is 5.32 Å². The molecule has 0 aromatic heterocycles. The van der Waals surface area contributed by atoms with E-state index in [1.807, 2.05) is 42.5 Å². The van der Waals surface area contributed by atoms with Crippen molar-refractivity contribution in [1.82, 2.24) is 5.32 Å². The predicted molar refractivity (Wildman–Crippen MR) is 111 cm³/mol. The Morgan fingerprint density at radius 1 is 0.935 bits per heavy atom. The lowest BCUT2D eigenvalue weighted by Crippen LogP contribution is -2.61. The summed E-state index contributed by atoms with van der Waals surface area (Å²) in [6, 6.07) is 16.7. The van der Waals surface area contributed by atoms with Crippen LogP contribution in [0.3, 0.4) is 0 Å². The van der Waals surface area contributed by atoms with Crippen LogP contribution in [-0.2, 0) is 20.9 Å². The van der Waals surface area contributed by atoms with Crippen molar-refractivity contribution in [3.05, 3.63) is 60.2 Å². The molecule has 162 valence electrons. The summed E-state index contributed by atoms with van der Waals surface area (Å²) >= 11 is 0. The highest BCUT2D eigenvalue weighted by molar-refractivity contribution is 5.94. The van der Waals surface area contributed by atoms with Gasteiger partial charge in [-0.1, -0.05) is 43.2 Å². The van der Waals surface area contributed by atoms with E-state index in [-0.39, 0.29) is 18.9 Å². The maximum Gasteiger partial charge on any atom is 0.308 e. The van der Waals surface area contributed by atoms with Crippen molar-refractivity contribution in [1.29, 1.82) is 0 Å². The predicted octanol–water partition coefficient (Wildman–Crippen LogP) is 3.69. The Morgan fingerprint density at radius 3 is 2.16 bits per heavy atom. The molecular weight excluding hydrogens is 398 g/mol. The van der Waals surface area contributed by atoms with Gasteiger partial charge in [0.1, 0.15) is 11.5 Å². The van der Waals surface area contributed by atoms with E-state index in [9.17, 15) is 24.6 Å². The lowest BCUT2D eigenvalue weighted by Gasteiger charge is -2.50. The number of ether oxygens (including phenoxy) is 1. The Bertz CT molecular complexity index is 969. The highest BCUT2D eigenvalue weighted by Gasteiger charge is 2.65. The van der Waals surface area contributed by atoms with Crippen LogP contribution in [0.15, 0.2) is 54.6 Å². The summed E-state index contributed by atoms with van der Waals surface area (Å²) < 4.78 is 5.76. The van der Waals surface area contributed by atoms with Crippen LogP contribution >= 0.6 is 0 Å². The molecule has 3 unspecified atom stereocenters. The summed E-state index contributed by atoms with van der Waals surface area (Å²) in [5.74, 6) is -3.24. The van der Waals surface area contributed by atoms with Gasteiger partial charge < -0.3 is 20.3 Å². The third-order valence-electron chi connectivity index (χ3n) is 6.32. The number of amides is 1. The van der Waals surface area contributed by atoms with E-state index in [0.29, 0.717) is 18.1 Å². The molecule has 0 bridgehead atoms. The molecule has 31 heavy (non-hydrogen) atoms. The largest absolute Gasteiger partial charge is 0.481 e. The van der Waals surface area contributed by atoms with Crippen LogP contribution in [0.2, 0.25) is 0 Å².